The molecule has 0 fully saturated rings. The quantitative estimate of drug-likeness (QED) is 0.369. The van der Waals surface area contributed by atoms with E-state index in [2.05, 4.69) is 23.9 Å². The van der Waals surface area contributed by atoms with Gasteiger partial charge in [-0.25, -0.2) is 5.43 Å². The Hall–Kier alpha value is -0.930. The molecule has 0 rings (SSSR count). The van der Waals surface area contributed by atoms with Crippen molar-refractivity contribution in [3.63, 3.8) is 0 Å². The van der Waals surface area contributed by atoms with E-state index >= 15 is 0 Å². The lowest BCUT2D eigenvalue weighted by Crippen LogP contribution is -2.39. The van der Waals surface area contributed by atoms with E-state index in [0.29, 0.717) is 0 Å². The molecule has 0 aromatic rings. The minimum Gasteiger partial charge on any atom is -0.302 e. The van der Waals surface area contributed by atoms with Crippen molar-refractivity contribution in [2.75, 3.05) is 7.05 Å². The first kappa shape index (κ1) is 13.1. The molecule has 0 aromatic carbocycles. The van der Waals surface area contributed by atoms with Crippen LogP contribution in [0.25, 0.3) is 0 Å². The van der Waals surface area contributed by atoms with Gasteiger partial charge >= 0.3 is 0 Å². The van der Waals surface area contributed by atoms with Crippen LogP contribution < -0.4 is 10.9 Å². The molecule has 0 amide bonds. The zero-order valence-electron chi connectivity index (χ0n) is 9.21. The fourth-order valence-corrected chi connectivity index (χ4v) is 1.27. The SMILES string of the molecule is C/C=C\C(=C/CC)C[C@@H](C=O)NNC. The lowest BCUT2D eigenvalue weighted by molar-refractivity contribution is -0.109. The van der Waals surface area contributed by atoms with Crippen LogP contribution in [0, 0.1) is 0 Å². The largest absolute Gasteiger partial charge is 0.302 e. The highest BCUT2D eigenvalue weighted by atomic mass is 16.1. The molecule has 80 valence electrons. The fourth-order valence-electron chi connectivity index (χ4n) is 1.27. The van der Waals surface area contributed by atoms with Gasteiger partial charge in [0, 0.05) is 0 Å². The predicted molar refractivity (Wildman–Crippen MR) is 59.9 cm³/mol. The minimum absolute atomic E-state index is 0.158. The normalized spacial score (nSPS) is 14.6. The minimum atomic E-state index is -0.158. The van der Waals surface area contributed by atoms with Crippen molar-refractivity contribution in [1.82, 2.24) is 10.9 Å². The van der Waals surface area contributed by atoms with Crippen molar-refractivity contribution in [2.45, 2.75) is 32.7 Å². The van der Waals surface area contributed by atoms with Gasteiger partial charge in [0.05, 0.1) is 6.04 Å². The second-order valence-electron chi connectivity index (χ2n) is 3.03. The topological polar surface area (TPSA) is 41.1 Å². The number of aldehydes is 1. The Morgan fingerprint density at radius 3 is 2.64 bits per heavy atom. The van der Waals surface area contributed by atoms with Crippen LogP contribution in [0.2, 0.25) is 0 Å². The third-order valence-corrected chi connectivity index (χ3v) is 1.80. The van der Waals surface area contributed by atoms with Gasteiger partial charge in [0.25, 0.3) is 0 Å². The molecule has 0 aliphatic carbocycles. The number of hydrazine groups is 1. The first-order chi connectivity index (χ1) is 6.78. The van der Waals surface area contributed by atoms with E-state index in [1.54, 1.807) is 7.05 Å². The van der Waals surface area contributed by atoms with Crippen molar-refractivity contribution >= 4 is 6.29 Å². The highest BCUT2D eigenvalue weighted by Crippen LogP contribution is 2.07. The Labute approximate surface area is 86.2 Å². The summed E-state index contributed by atoms with van der Waals surface area (Å²) < 4.78 is 0. The maximum absolute atomic E-state index is 10.7. The summed E-state index contributed by atoms with van der Waals surface area (Å²) in [4.78, 5) is 10.7. The van der Waals surface area contributed by atoms with Gasteiger partial charge in [-0.2, -0.15) is 0 Å². The molecule has 0 radical (unpaired) electrons. The number of hydrogen-bond acceptors (Lipinski definition) is 3. The van der Waals surface area contributed by atoms with Crippen molar-refractivity contribution in [3.05, 3.63) is 23.8 Å². The Balaban J connectivity index is 4.25. The molecular weight excluding hydrogens is 176 g/mol. The lowest BCUT2D eigenvalue weighted by atomic mass is 10.1. The molecular formula is C11H20N2O. The highest BCUT2D eigenvalue weighted by Gasteiger charge is 2.06. The Morgan fingerprint density at radius 1 is 1.50 bits per heavy atom. The molecule has 0 saturated heterocycles. The summed E-state index contributed by atoms with van der Waals surface area (Å²) in [6, 6.07) is -0.158. The fraction of sp³-hybridized carbons (Fsp3) is 0.545. The zero-order valence-corrected chi connectivity index (χ0v) is 9.21. The Kier molecular flexibility index (Phi) is 8.08. The third-order valence-electron chi connectivity index (χ3n) is 1.80. The molecule has 0 spiro atoms. The number of carbonyl (C=O) groups excluding carboxylic acids is 1. The van der Waals surface area contributed by atoms with E-state index < -0.39 is 0 Å². The summed E-state index contributed by atoms with van der Waals surface area (Å²) >= 11 is 0. The molecule has 0 unspecified atom stereocenters. The van der Waals surface area contributed by atoms with Crippen LogP contribution in [-0.4, -0.2) is 19.4 Å². The van der Waals surface area contributed by atoms with Crippen LogP contribution in [0.15, 0.2) is 23.8 Å². The first-order valence-corrected chi connectivity index (χ1v) is 4.97. The van der Waals surface area contributed by atoms with Crippen LogP contribution >= 0.6 is 0 Å². The lowest BCUT2D eigenvalue weighted by Gasteiger charge is -2.11. The van der Waals surface area contributed by atoms with Crippen LogP contribution in [0.5, 0.6) is 0 Å². The van der Waals surface area contributed by atoms with Gasteiger partial charge in [0.15, 0.2) is 0 Å². The predicted octanol–water partition coefficient (Wildman–Crippen LogP) is 1.58. The molecule has 2 N–H and O–H groups in total. The van der Waals surface area contributed by atoms with Gasteiger partial charge in [-0.15, -0.1) is 0 Å². The van der Waals surface area contributed by atoms with Crippen LogP contribution in [0.1, 0.15) is 26.7 Å². The zero-order chi connectivity index (χ0) is 10.8. The molecule has 1 atom stereocenters. The number of allylic oxidation sites excluding steroid dienone is 3. The smallest absolute Gasteiger partial charge is 0.138 e. The molecule has 14 heavy (non-hydrogen) atoms. The number of hydrogen-bond donors (Lipinski definition) is 2. The van der Waals surface area contributed by atoms with Crippen LogP contribution in [-0.2, 0) is 4.79 Å². The summed E-state index contributed by atoms with van der Waals surface area (Å²) in [5.74, 6) is 0. The standard InChI is InChI=1S/C11H20N2O/c1-4-6-10(7-5-2)8-11(9-14)13-12-3/h4,6-7,9,11-13H,5,8H2,1-3H3/b6-4-,10-7+/t11-/m0/s1. The van der Waals surface area contributed by atoms with Crippen molar-refractivity contribution in [3.8, 4) is 0 Å². The monoisotopic (exact) mass is 196 g/mol. The summed E-state index contributed by atoms with van der Waals surface area (Å²) in [7, 11) is 1.76. The van der Waals surface area contributed by atoms with Gasteiger partial charge in [-0.3, -0.25) is 5.43 Å². The highest BCUT2D eigenvalue weighted by molar-refractivity contribution is 5.58. The van der Waals surface area contributed by atoms with Gasteiger partial charge in [-0.1, -0.05) is 30.7 Å². The van der Waals surface area contributed by atoms with Crippen molar-refractivity contribution in [2.24, 2.45) is 0 Å². The van der Waals surface area contributed by atoms with E-state index in [1.807, 2.05) is 19.1 Å². The molecule has 3 heteroatoms. The van der Waals surface area contributed by atoms with Gasteiger partial charge in [0.1, 0.15) is 6.29 Å². The molecule has 0 aliphatic heterocycles. The summed E-state index contributed by atoms with van der Waals surface area (Å²) in [6.45, 7) is 4.07. The molecule has 3 nitrogen and oxygen atoms in total. The van der Waals surface area contributed by atoms with Gasteiger partial charge in [-0.05, 0) is 26.8 Å². The average molecular weight is 196 g/mol. The molecule has 0 aromatic heterocycles. The maximum Gasteiger partial charge on any atom is 0.138 e. The Morgan fingerprint density at radius 2 is 2.21 bits per heavy atom. The van der Waals surface area contributed by atoms with E-state index in [4.69, 9.17) is 0 Å². The maximum atomic E-state index is 10.7. The number of carbonyl (C=O) groups is 1. The van der Waals surface area contributed by atoms with Gasteiger partial charge < -0.3 is 4.79 Å². The van der Waals surface area contributed by atoms with E-state index in [0.717, 1.165) is 19.1 Å². The summed E-state index contributed by atoms with van der Waals surface area (Å²) in [5, 5.41) is 0. The first-order valence-electron chi connectivity index (χ1n) is 4.97. The van der Waals surface area contributed by atoms with E-state index in [1.165, 1.54) is 5.57 Å². The number of rotatable bonds is 7. The average Bonchev–Trinajstić information content (AvgIpc) is 2.18. The summed E-state index contributed by atoms with van der Waals surface area (Å²) in [5.41, 5.74) is 6.85. The van der Waals surface area contributed by atoms with Crippen molar-refractivity contribution < 1.29 is 4.79 Å². The summed E-state index contributed by atoms with van der Waals surface area (Å²) in [6.07, 6.45) is 8.80. The third kappa shape index (κ3) is 5.67. The van der Waals surface area contributed by atoms with Crippen molar-refractivity contribution in [1.29, 1.82) is 0 Å². The molecule has 0 bridgehead atoms. The molecule has 0 heterocycles. The second kappa shape index (κ2) is 8.66. The van der Waals surface area contributed by atoms with Gasteiger partial charge in [0.2, 0.25) is 0 Å². The van der Waals surface area contributed by atoms with E-state index in [-0.39, 0.29) is 6.04 Å². The van der Waals surface area contributed by atoms with Crippen LogP contribution in [0.4, 0.5) is 0 Å². The molecule has 0 saturated carbocycles. The number of nitrogens with one attached hydrogen (secondary N) is 2. The van der Waals surface area contributed by atoms with E-state index in [9.17, 15) is 4.79 Å². The second-order valence-corrected chi connectivity index (χ2v) is 3.03. The van der Waals surface area contributed by atoms with Crippen LogP contribution in [0.3, 0.4) is 0 Å². The molecule has 0 aliphatic rings. The Bertz CT molecular complexity index is 209.